The lowest BCUT2D eigenvalue weighted by Gasteiger charge is -2.11. The Balaban J connectivity index is 1.75. The van der Waals surface area contributed by atoms with Crippen molar-refractivity contribution in [2.75, 3.05) is 11.9 Å². The average Bonchev–Trinajstić information content (AvgIpc) is 2.81. The molecule has 0 saturated carbocycles. The van der Waals surface area contributed by atoms with Gasteiger partial charge in [0.05, 0.1) is 6.61 Å². The summed E-state index contributed by atoms with van der Waals surface area (Å²) in [4.78, 5) is 17.3. The van der Waals surface area contributed by atoms with Gasteiger partial charge in [0, 0.05) is 22.9 Å². The van der Waals surface area contributed by atoms with Crippen molar-refractivity contribution in [3.05, 3.63) is 90.0 Å². The van der Waals surface area contributed by atoms with Gasteiger partial charge in [0.2, 0.25) is 0 Å². The highest BCUT2D eigenvalue weighted by atomic mass is 16.7. The number of phenols is 1. The summed E-state index contributed by atoms with van der Waals surface area (Å²) in [6.07, 6.45) is 3.71. The van der Waals surface area contributed by atoms with Gasteiger partial charge in [0.25, 0.3) is 0 Å². The zero-order valence-electron chi connectivity index (χ0n) is 18.2. The van der Waals surface area contributed by atoms with Gasteiger partial charge < -0.3 is 9.84 Å². The van der Waals surface area contributed by atoms with E-state index in [9.17, 15) is 9.90 Å². The van der Waals surface area contributed by atoms with Crippen molar-refractivity contribution in [2.24, 2.45) is 5.16 Å². The van der Waals surface area contributed by atoms with Crippen LogP contribution < -0.4 is 10.1 Å². The van der Waals surface area contributed by atoms with E-state index in [4.69, 9.17) is 9.57 Å². The van der Waals surface area contributed by atoms with Crippen LogP contribution in [0.3, 0.4) is 0 Å². The molecule has 0 fully saturated rings. The Morgan fingerprint density at radius 2 is 1.66 bits per heavy atom. The molecular formula is C26H28N2O4. The predicted molar refractivity (Wildman–Crippen MR) is 126 cm³/mol. The Bertz CT molecular complexity index is 1020. The van der Waals surface area contributed by atoms with Crippen LogP contribution in [-0.4, -0.2) is 23.5 Å². The van der Waals surface area contributed by atoms with Gasteiger partial charge in [-0.15, -0.1) is 0 Å². The van der Waals surface area contributed by atoms with Crippen LogP contribution in [0, 0.1) is 0 Å². The second kappa shape index (κ2) is 12.2. The summed E-state index contributed by atoms with van der Waals surface area (Å²) in [7, 11) is 0. The van der Waals surface area contributed by atoms with Gasteiger partial charge in [-0.25, -0.2) is 4.79 Å². The number of phenolic OH excluding ortho intramolecular Hbond substituents is 1. The van der Waals surface area contributed by atoms with E-state index in [0.717, 1.165) is 12.8 Å². The standard InChI is InChI=1S/C26H28N2O4/c1-2-3-4-11-18-31-22-16-17-23(24(29)19-22)25(20-12-7-5-8-13-20)28-32-26(30)27-21-14-9-6-10-15-21/h5-10,12-17,19,29H,2-4,11,18H2,1H3,(H,27,30). The summed E-state index contributed by atoms with van der Waals surface area (Å²) < 4.78 is 5.74. The third kappa shape index (κ3) is 6.87. The molecule has 0 heterocycles. The van der Waals surface area contributed by atoms with Gasteiger partial charge in [-0.1, -0.05) is 79.9 Å². The number of hydrogen-bond donors (Lipinski definition) is 2. The van der Waals surface area contributed by atoms with Crippen molar-refractivity contribution in [3.8, 4) is 11.5 Å². The first-order valence-electron chi connectivity index (χ1n) is 10.8. The quantitative estimate of drug-likeness (QED) is 0.169. The fourth-order valence-corrected chi connectivity index (χ4v) is 3.12. The number of carbonyl (C=O) groups excluding carboxylic acids is 1. The molecule has 0 aliphatic carbocycles. The summed E-state index contributed by atoms with van der Waals surface area (Å²) >= 11 is 0. The molecule has 0 unspecified atom stereocenters. The van der Waals surface area contributed by atoms with Crippen molar-refractivity contribution < 1.29 is 19.5 Å². The Hall–Kier alpha value is -3.80. The average molecular weight is 433 g/mol. The maximum absolute atomic E-state index is 12.2. The van der Waals surface area contributed by atoms with Crippen molar-refractivity contribution in [2.45, 2.75) is 32.6 Å². The summed E-state index contributed by atoms with van der Waals surface area (Å²) in [6.45, 7) is 2.76. The number of benzene rings is 3. The van der Waals surface area contributed by atoms with Crippen molar-refractivity contribution in [1.29, 1.82) is 0 Å². The van der Waals surface area contributed by atoms with Gasteiger partial charge in [-0.2, -0.15) is 0 Å². The molecule has 1 amide bonds. The SMILES string of the molecule is CCCCCCOc1ccc(C(=NOC(=O)Nc2ccccc2)c2ccccc2)c(O)c1. The molecule has 0 atom stereocenters. The van der Waals surface area contributed by atoms with Crippen LogP contribution in [0.4, 0.5) is 10.5 Å². The highest BCUT2D eigenvalue weighted by Crippen LogP contribution is 2.27. The molecule has 0 saturated heterocycles. The van der Waals surface area contributed by atoms with Crippen molar-refractivity contribution in [3.63, 3.8) is 0 Å². The number of carbonyl (C=O) groups is 1. The maximum atomic E-state index is 12.2. The molecule has 0 radical (unpaired) electrons. The minimum Gasteiger partial charge on any atom is -0.507 e. The number of para-hydroxylation sites is 1. The van der Waals surface area contributed by atoms with Crippen LogP contribution in [-0.2, 0) is 4.84 Å². The number of anilines is 1. The molecule has 3 aromatic rings. The number of amides is 1. The highest BCUT2D eigenvalue weighted by Gasteiger charge is 2.15. The van der Waals surface area contributed by atoms with Gasteiger partial charge >= 0.3 is 6.09 Å². The molecule has 0 aliphatic rings. The Labute approximate surface area is 188 Å². The van der Waals surface area contributed by atoms with Crippen LogP contribution >= 0.6 is 0 Å². The number of rotatable bonds is 10. The molecule has 0 bridgehead atoms. The summed E-state index contributed by atoms with van der Waals surface area (Å²) in [5.41, 5.74) is 2.06. The van der Waals surface area contributed by atoms with E-state index in [0.29, 0.717) is 34.9 Å². The number of hydrogen-bond acceptors (Lipinski definition) is 5. The first-order chi connectivity index (χ1) is 15.7. The Kier molecular flexibility index (Phi) is 8.69. The number of aromatic hydroxyl groups is 1. The van der Waals surface area contributed by atoms with E-state index in [2.05, 4.69) is 17.4 Å². The first-order valence-corrected chi connectivity index (χ1v) is 10.8. The predicted octanol–water partition coefficient (Wildman–Crippen LogP) is 6.35. The van der Waals surface area contributed by atoms with Gasteiger partial charge in [-0.3, -0.25) is 10.2 Å². The molecule has 6 nitrogen and oxygen atoms in total. The van der Waals surface area contributed by atoms with Gasteiger partial charge in [-0.05, 0) is 30.7 Å². The molecular weight excluding hydrogens is 404 g/mol. The Morgan fingerprint density at radius 1 is 0.938 bits per heavy atom. The van der Waals surface area contributed by atoms with Crippen LogP contribution in [0.5, 0.6) is 11.5 Å². The number of ether oxygens (including phenoxy) is 1. The largest absolute Gasteiger partial charge is 0.507 e. The second-order valence-electron chi connectivity index (χ2n) is 7.26. The summed E-state index contributed by atoms with van der Waals surface area (Å²) in [5.74, 6) is 0.573. The molecule has 3 aromatic carbocycles. The summed E-state index contributed by atoms with van der Waals surface area (Å²) in [5, 5.41) is 17.3. The van der Waals surface area contributed by atoms with Crippen LogP contribution in [0.25, 0.3) is 0 Å². The summed E-state index contributed by atoms with van der Waals surface area (Å²) in [6, 6.07) is 23.2. The zero-order valence-corrected chi connectivity index (χ0v) is 18.2. The monoisotopic (exact) mass is 432 g/mol. The van der Waals surface area contributed by atoms with Crippen molar-refractivity contribution >= 4 is 17.5 Å². The lowest BCUT2D eigenvalue weighted by atomic mass is 10.0. The minimum atomic E-state index is -0.726. The maximum Gasteiger partial charge on any atom is 0.437 e. The van der Waals surface area contributed by atoms with Crippen LogP contribution in [0.15, 0.2) is 84.0 Å². The fraction of sp³-hybridized carbons (Fsp3) is 0.231. The van der Waals surface area contributed by atoms with Gasteiger partial charge in [0.15, 0.2) is 0 Å². The molecule has 166 valence electrons. The molecule has 2 N–H and O–H groups in total. The molecule has 0 aliphatic heterocycles. The second-order valence-corrected chi connectivity index (χ2v) is 7.26. The molecule has 6 heteroatoms. The van der Waals surface area contributed by atoms with E-state index in [-0.39, 0.29) is 5.75 Å². The number of nitrogens with zero attached hydrogens (tertiary/aromatic N) is 1. The number of unbranched alkanes of at least 4 members (excludes halogenated alkanes) is 3. The highest BCUT2D eigenvalue weighted by molar-refractivity contribution is 6.14. The topological polar surface area (TPSA) is 80.2 Å². The zero-order chi connectivity index (χ0) is 22.6. The number of nitrogens with one attached hydrogen (secondary N) is 1. The van der Waals surface area contributed by atoms with Gasteiger partial charge in [0.1, 0.15) is 17.2 Å². The van der Waals surface area contributed by atoms with Crippen molar-refractivity contribution in [1.82, 2.24) is 0 Å². The molecule has 0 spiro atoms. The molecule has 32 heavy (non-hydrogen) atoms. The lowest BCUT2D eigenvalue weighted by Crippen LogP contribution is -2.13. The van der Waals surface area contributed by atoms with E-state index >= 15 is 0 Å². The minimum absolute atomic E-state index is 0.00858. The van der Waals surface area contributed by atoms with E-state index < -0.39 is 6.09 Å². The smallest absolute Gasteiger partial charge is 0.437 e. The Morgan fingerprint density at radius 3 is 2.34 bits per heavy atom. The lowest BCUT2D eigenvalue weighted by molar-refractivity contribution is 0.166. The molecule has 0 aromatic heterocycles. The molecule has 3 rings (SSSR count). The first kappa shape index (κ1) is 22.9. The third-order valence-corrected chi connectivity index (χ3v) is 4.78. The van der Waals surface area contributed by atoms with E-state index in [1.54, 1.807) is 42.5 Å². The normalized spacial score (nSPS) is 11.1. The van der Waals surface area contributed by atoms with Crippen LogP contribution in [0.1, 0.15) is 43.7 Å². The third-order valence-electron chi connectivity index (χ3n) is 4.78. The van der Waals surface area contributed by atoms with E-state index in [1.165, 1.54) is 12.8 Å². The van der Waals surface area contributed by atoms with E-state index in [1.807, 2.05) is 36.4 Å². The van der Waals surface area contributed by atoms with Crippen LogP contribution in [0.2, 0.25) is 0 Å². The fourth-order valence-electron chi connectivity index (χ4n) is 3.12. The number of oxime groups is 1.